The first-order valence-electron chi connectivity index (χ1n) is 10.8. The minimum absolute atomic E-state index is 0.117. The van der Waals surface area contributed by atoms with Crippen molar-refractivity contribution in [3.63, 3.8) is 0 Å². The van der Waals surface area contributed by atoms with E-state index in [2.05, 4.69) is 41.6 Å². The molecule has 2 heterocycles. The number of imidazole rings is 1. The van der Waals surface area contributed by atoms with Gasteiger partial charge in [-0.2, -0.15) is 0 Å². The van der Waals surface area contributed by atoms with Crippen molar-refractivity contribution in [2.24, 2.45) is 0 Å². The number of halogens is 2. The molecule has 0 amide bonds. The summed E-state index contributed by atoms with van der Waals surface area (Å²) < 4.78 is 15.0. The highest BCUT2D eigenvalue weighted by molar-refractivity contribution is 6.35. The van der Waals surface area contributed by atoms with Crippen LogP contribution < -0.4 is 0 Å². The number of aromatic nitrogens is 2. The van der Waals surface area contributed by atoms with Crippen LogP contribution in [0.15, 0.2) is 55.1 Å². The highest BCUT2D eigenvalue weighted by Crippen LogP contribution is 2.33. The first kappa shape index (κ1) is 22.3. The van der Waals surface area contributed by atoms with Gasteiger partial charge in [-0.3, -0.25) is 0 Å². The molecule has 1 aromatic heterocycles. The van der Waals surface area contributed by atoms with Crippen molar-refractivity contribution in [2.75, 3.05) is 0 Å². The monoisotopic (exact) mass is 458 g/mol. The molecule has 3 atom stereocenters. The second-order valence-electron chi connectivity index (χ2n) is 8.30. The van der Waals surface area contributed by atoms with Crippen LogP contribution in [-0.4, -0.2) is 21.9 Å². The smallest absolute Gasteiger partial charge is 0.158 e. The Morgan fingerprint density at radius 3 is 2.77 bits per heavy atom. The summed E-state index contributed by atoms with van der Waals surface area (Å²) in [5.41, 5.74) is 4.62. The van der Waals surface area contributed by atoms with Crippen molar-refractivity contribution in [3.05, 3.63) is 87.4 Å². The van der Waals surface area contributed by atoms with Gasteiger partial charge in [-0.1, -0.05) is 53.0 Å². The Morgan fingerprint density at radius 1 is 1.16 bits per heavy atom. The van der Waals surface area contributed by atoms with Gasteiger partial charge >= 0.3 is 0 Å². The molecule has 0 saturated carbocycles. The molecule has 0 radical (unpaired) electrons. The third-order valence-electron chi connectivity index (χ3n) is 5.79. The van der Waals surface area contributed by atoms with Gasteiger partial charge in [0.2, 0.25) is 0 Å². The maximum atomic E-state index is 6.60. The molecule has 164 valence electrons. The molecule has 31 heavy (non-hydrogen) atoms. The van der Waals surface area contributed by atoms with E-state index in [0.29, 0.717) is 16.5 Å². The number of aryl methyl sites for hydroxylation is 2. The maximum absolute atomic E-state index is 6.60. The van der Waals surface area contributed by atoms with Gasteiger partial charge in [-0.25, -0.2) is 4.98 Å². The first-order valence-corrected chi connectivity index (χ1v) is 11.5. The van der Waals surface area contributed by atoms with Gasteiger partial charge in [0.25, 0.3) is 0 Å². The molecule has 2 aromatic carbocycles. The number of nitrogens with zero attached hydrogens (tertiary/aromatic N) is 2. The van der Waals surface area contributed by atoms with E-state index < -0.39 is 0 Å². The molecule has 0 N–H and O–H groups in total. The predicted molar refractivity (Wildman–Crippen MR) is 125 cm³/mol. The zero-order valence-electron chi connectivity index (χ0n) is 17.9. The van der Waals surface area contributed by atoms with Gasteiger partial charge in [-0.15, -0.1) is 0 Å². The summed E-state index contributed by atoms with van der Waals surface area (Å²) in [6.45, 7) is 5.02. The Bertz CT molecular complexity index is 1010. The van der Waals surface area contributed by atoms with E-state index in [9.17, 15) is 0 Å². The molecule has 4 nitrogen and oxygen atoms in total. The van der Waals surface area contributed by atoms with Crippen molar-refractivity contribution < 1.29 is 9.47 Å². The summed E-state index contributed by atoms with van der Waals surface area (Å²) in [5, 5.41) is 1.30. The standard InChI is InChI=1S/C25H28Cl2N2O2/c1-17-6-9-22(18(2)12-17)24(13-19-7-8-20(26)14-23(19)27)31-25-5-3-4-21(30-25)15-29-11-10-28-16-29/h6-12,14,16,21,24-25H,3-5,13,15H2,1-2H3. The fraction of sp³-hybridized carbons (Fsp3) is 0.400. The lowest BCUT2D eigenvalue weighted by Gasteiger charge is -2.33. The molecular formula is C25H28Cl2N2O2. The Kier molecular flexibility index (Phi) is 7.34. The average molecular weight is 459 g/mol. The van der Waals surface area contributed by atoms with E-state index in [1.807, 2.05) is 24.7 Å². The number of hydrogen-bond acceptors (Lipinski definition) is 3. The topological polar surface area (TPSA) is 36.3 Å². The van der Waals surface area contributed by atoms with Gasteiger partial charge in [-0.05, 0) is 61.9 Å². The number of hydrogen-bond donors (Lipinski definition) is 0. The molecule has 4 rings (SSSR count). The third-order valence-corrected chi connectivity index (χ3v) is 6.38. The Balaban J connectivity index is 1.53. The quantitative estimate of drug-likeness (QED) is 0.394. The van der Waals surface area contributed by atoms with Crippen LogP contribution in [0.3, 0.4) is 0 Å². The van der Waals surface area contributed by atoms with Crippen molar-refractivity contribution in [1.29, 1.82) is 0 Å². The molecule has 0 aliphatic carbocycles. The van der Waals surface area contributed by atoms with Crippen LogP contribution in [0.5, 0.6) is 0 Å². The Hall–Kier alpha value is -1.85. The van der Waals surface area contributed by atoms with Gasteiger partial charge in [0.05, 0.1) is 18.5 Å². The summed E-state index contributed by atoms with van der Waals surface area (Å²) in [5.74, 6) is 0. The van der Waals surface area contributed by atoms with Gasteiger partial charge in [0, 0.05) is 35.4 Å². The van der Waals surface area contributed by atoms with E-state index in [4.69, 9.17) is 32.7 Å². The molecule has 1 saturated heterocycles. The highest BCUT2D eigenvalue weighted by Gasteiger charge is 2.27. The predicted octanol–water partition coefficient (Wildman–Crippen LogP) is 6.70. The summed E-state index contributed by atoms with van der Waals surface area (Å²) in [4.78, 5) is 4.13. The largest absolute Gasteiger partial charge is 0.348 e. The molecule has 0 bridgehead atoms. The molecule has 0 spiro atoms. The summed E-state index contributed by atoms with van der Waals surface area (Å²) in [6, 6.07) is 12.1. The van der Waals surface area contributed by atoms with Crippen molar-refractivity contribution in [3.8, 4) is 0 Å². The van der Waals surface area contributed by atoms with Crippen molar-refractivity contribution in [1.82, 2.24) is 9.55 Å². The molecule has 6 heteroatoms. The van der Waals surface area contributed by atoms with Crippen molar-refractivity contribution >= 4 is 23.2 Å². The minimum Gasteiger partial charge on any atom is -0.348 e. The minimum atomic E-state index is -0.251. The second kappa shape index (κ2) is 10.2. The van der Waals surface area contributed by atoms with Crippen LogP contribution in [0.4, 0.5) is 0 Å². The van der Waals surface area contributed by atoms with E-state index in [-0.39, 0.29) is 18.5 Å². The van der Waals surface area contributed by atoms with Crippen LogP contribution in [-0.2, 0) is 22.4 Å². The summed E-state index contributed by atoms with van der Waals surface area (Å²) in [7, 11) is 0. The van der Waals surface area contributed by atoms with E-state index in [1.165, 1.54) is 11.1 Å². The summed E-state index contributed by atoms with van der Waals surface area (Å²) in [6.07, 6.45) is 8.94. The zero-order valence-corrected chi connectivity index (χ0v) is 19.4. The third kappa shape index (κ3) is 5.89. The second-order valence-corrected chi connectivity index (χ2v) is 9.15. The van der Waals surface area contributed by atoms with Crippen LogP contribution in [0.1, 0.15) is 47.6 Å². The molecule has 1 aliphatic heterocycles. The lowest BCUT2D eigenvalue weighted by Crippen LogP contribution is -2.33. The van der Waals surface area contributed by atoms with E-state index in [1.54, 1.807) is 12.3 Å². The average Bonchev–Trinajstić information content (AvgIpc) is 3.23. The van der Waals surface area contributed by atoms with Gasteiger partial charge < -0.3 is 14.0 Å². The normalized spacial score (nSPS) is 20.0. The fourth-order valence-corrected chi connectivity index (χ4v) is 4.70. The highest BCUT2D eigenvalue weighted by atomic mass is 35.5. The Labute approximate surface area is 194 Å². The number of rotatable bonds is 7. The van der Waals surface area contributed by atoms with E-state index in [0.717, 1.165) is 36.9 Å². The van der Waals surface area contributed by atoms with Crippen LogP contribution in [0.2, 0.25) is 10.0 Å². The SMILES string of the molecule is Cc1ccc(C(Cc2ccc(Cl)cc2Cl)OC2CCCC(Cn3ccnc3)O2)c(C)c1. The molecular weight excluding hydrogens is 431 g/mol. The first-order chi connectivity index (χ1) is 15.0. The zero-order chi connectivity index (χ0) is 21.8. The molecule has 3 aromatic rings. The van der Waals surface area contributed by atoms with Crippen LogP contribution in [0.25, 0.3) is 0 Å². The van der Waals surface area contributed by atoms with E-state index >= 15 is 0 Å². The molecule has 1 aliphatic rings. The van der Waals surface area contributed by atoms with Gasteiger partial charge in [0.1, 0.15) is 0 Å². The van der Waals surface area contributed by atoms with Crippen molar-refractivity contribution in [2.45, 2.75) is 64.6 Å². The number of ether oxygens (including phenoxy) is 2. The Morgan fingerprint density at radius 2 is 2.03 bits per heavy atom. The van der Waals surface area contributed by atoms with Crippen LogP contribution in [0, 0.1) is 13.8 Å². The van der Waals surface area contributed by atoms with Crippen LogP contribution >= 0.6 is 23.2 Å². The van der Waals surface area contributed by atoms with Gasteiger partial charge in [0.15, 0.2) is 6.29 Å². The molecule has 1 fully saturated rings. The molecule has 3 unspecified atom stereocenters. The summed E-state index contributed by atoms with van der Waals surface area (Å²) >= 11 is 12.6. The fourth-order valence-electron chi connectivity index (χ4n) is 4.22. The lowest BCUT2D eigenvalue weighted by atomic mass is 9.96. The maximum Gasteiger partial charge on any atom is 0.158 e. The lowest BCUT2D eigenvalue weighted by molar-refractivity contribution is -0.218. The number of benzene rings is 2.